The number of piperidine rings is 1. The maximum Gasteiger partial charge on any atom is 0.193 e. The number of guanidine groups is 1. The number of hydrogen-bond donors (Lipinski definition) is 1. The molecule has 1 aromatic heterocycles. The summed E-state index contributed by atoms with van der Waals surface area (Å²) in [5, 5.41) is 7.89. The number of hydrogen-bond acceptors (Lipinski definition) is 3. The lowest BCUT2D eigenvalue weighted by Gasteiger charge is -2.34. The first-order chi connectivity index (χ1) is 12.3. The van der Waals surface area contributed by atoms with E-state index in [4.69, 9.17) is 4.74 Å². The monoisotopic (exact) mass is 485 g/mol. The molecule has 3 rings (SSSR count). The maximum atomic E-state index is 6.08. The second kappa shape index (κ2) is 10.8. The molecule has 4 nitrogen and oxygen atoms in total. The molecule has 26 heavy (non-hydrogen) atoms. The predicted molar refractivity (Wildman–Crippen MR) is 121 cm³/mol. The number of nitrogens with one attached hydrogen (secondary N) is 1. The van der Waals surface area contributed by atoms with E-state index in [9.17, 15) is 0 Å². The molecular weight excluding hydrogens is 457 g/mol. The van der Waals surface area contributed by atoms with Gasteiger partial charge in [-0.3, -0.25) is 4.99 Å². The van der Waals surface area contributed by atoms with E-state index in [1.807, 2.05) is 37.4 Å². The molecule has 0 radical (unpaired) electrons. The summed E-state index contributed by atoms with van der Waals surface area (Å²) in [5.74, 6) is 2.45. The van der Waals surface area contributed by atoms with Gasteiger partial charge in [0.15, 0.2) is 5.96 Å². The van der Waals surface area contributed by atoms with Gasteiger partial charge in [0, 0.05) is 39.5 Å². The first-order valence-corrected chi connectivity index (χ1v) is 9.90. The number of nitrogens with zero attached hydrogens (tertiary/aromatic N) is 2. The van der Waals surface area contributed by atoms with Crippen molar-refractivity contribution in [3.05, 3.63) is 52.7 Å². The van der Waals surface area contributed by atoms with Crippen LogP contribution >= 0.6 is 35.3 Å². The summed E-state index contributed by atoms with van der Waals surface area (Å²) in [6.45, 7) is 5.11. The second-order valence-electron chi connectivity index (χ2n) is 6.50. The van der Waals surface area contributed by atoms with Crippen molar-refractivity contribution in [3.8, 4) is 5.75 Å². The lowest BCUT2D eigenvalue weighted by molar-refractivity contribution is 0.129. The van der Waals surface area contributed by atoms with Crippen LogP contribution in [0.3, 0.4) is 0 Å². The Morgan fingerprint density at radius 2 is 2.00 bits per heavy atom. The molecule has 0 saturated carbocycles. The van der Waals surface area contributed by atoms with Crippen molar-refractivity contribution in [2.75, 3.05) is 26.7 Å². The van der Waals surface area contributed by atoms with Gasteiger partial charge in [-0.15, -0.1) is 24.0 Å². The topological polar surface area (TPSA) is 36.9 Å². The fourth-order valence-electron chi connectivity index (χ4n) is 3.13. The third kappa shape index (κ3) is 5.87. The fraction of sp³-hybridized carbons (Fsp3) is 0.450. The Hall–Kier alpha value is -1.28. The quantitative estimate of drug-likeness (QED) is 0.383. The second-order valence-corrected chi connectivity index (χ2v) is 7.28. The van der Waals surface area contributed by atoms with Gasteiger partial charge in [-0.05, 0) is 40.4 Å². The highest BCUT2D eigenvalue weighted by molar-refractivity contribution is 14.0. The molecule has 1 aliphatic heterocycles. The molecule has 2 heterocycles. The molecule has 1 fully saturated rings. The molecule has 6 heteroatoms. The average Bonchev–Trinajstić information content (AvgIpc) is 3.19. The summed E-state index contributed by atoms with van der Waals surface area (Å²) in [6, 6.07) is 12.3. The van der Waals surface area contributed by atoms with Crippen LogP contribution in [0.4, 0.5) is 0 Å². The van der Waals surface area contributed by atoms with E-state index in [2.05, 4.69) is 39.0 Å². The Labute approximate surface area is 177 Å². The van der Waals surface area contributed by atoms with Crippen LogP contribution in [0.5, 0.6) is 5.75 Å². The Morgan fingerprint density at radius 3 is 2.62 bits per heavy atom. The number of thiophene rings is 1. The summed E-state index contributed by atoms with van der Waals surface area (Å²) < 4.78 is 6.08. The molecule has 1 aromatic carbocycles. The Bertz CT molecular complexity index is 655. The maximum absolute atomic E-state index is 6.08. The van der Waals surface area contributed by atoms with Gasteiger partial charge in [0.25, 0.3) is 0 Å². The molecule has 0 bridgehead atoms. The minimum absolute atomic E-state index is 0. The van der Waals surface area contributed by atoms with Crippen molar-refractivity contribution in [3.63, 3.8) is 0 Å². The van der Waals surface area contributed by atoms with Gasteiger partial charge in [-0.2, -0.15) is 11.3 Å². The summed E-state index contributed by atoms with van der Waals surface area (Å²) in [5.41, 5.74) is 1.39. The first kappa shape index (κ1) is 21.0. The standard InChI is InChI=1S/C20H27N3OS.HI/c1-16(17-10-13-25-15-17)14-22-20(21-2)23-11-8-19(9-12-23)24-18-6-4-3-5-7-18;/h3-7,10,13,15-16,19H,8-9,11-12,14H2,1-2H3,(H,21,22);1H. The van der Waals surface area contributed by atoms with Gasteiger partial charge < -0.3 is 15.0 Å². The highest BCUT2D eigenvalue weighted by Crippen LogP contribution is 2.20. The normalized spacial score (nSPS) is 16.7. The lowest BCUT2D eigenvalue weighted by Crippen LogP contribution is -2.48. The van der Waals surface area contributed by atoms with Crippen LogP contribution in [0.25, 0.3) is 0 Å². The molecule has 1 saturated heterocycles. The number of aliphatic imine (C=N–C) groups is 1. The first-order valence-electron chi connectivity index (χ1n) is 8.95. The van der Waals surface area contributed by atoms with Crippen LogP contribution in [-0.4, -0.2) is 43.6 Å². The van der Waals surface area contributed by atoms with Gasteiger partial charge >= 0.3 is 0 Å². The van der Waals surface area contributed by atoms with Crippen LogP contribution in [0, 0.1) is 0 Å². The highest BCUT2D eigenvalue weighted by Gasteiger charge is 2.23. The number of ether oxygens (including phenoxy) is 1. The van der Waals surface area contributed by atoms with E-state index >= 15 is 0 Å². The molecule has 0 amide bonds. The van der Waals surface area contributed by atoms with E-state index in [1.54, 1.807) is 11.3 Å². The number of rotatable bonds is 5. The zero-order chi connectivity index (χ0) is 17.5. The fourth-order valence-corrected chi connectivity index (χ4v) is 3.91. The Kier molecular flexibility index (Phi) is 8.71. The highest BCUT2D eigenvalue weighted by atomic mass is 127. The van der Waals surface area contributed by atoms with E-state index in [-0.39, 0.29) is 24.0 Å². The predicted octanol–water partition coefficient (Wildman–Crippen LogP) is 4.59. The third-order valence-electron chi connectivity index (χ3n) is 4.68. The Morgan fingerprint density at radius 1 is 1.27 bits per heavy atom. The lowest BCUT2D eigenvalue weighted by atomic mass is 10.1. The Balaban J connectivity index is 0.00000243. The summed E-state index contributed by atoms with van der Waals surface area (Å²) in [4.78, 5) is 6.81. The molecule has 1 aliphatic rings. The van der Waals surface area contributed by atoms with Crippen molar-refractivity contribution in [1.82, 2.24) is 10.2 Å². The van der Waals surface area contributed by atoms with Gasteiger partial charge in [0.05, 0.1) is 0 Å². The minimum atomic E-state index is 0. The van der Waals surface area contributed by atoms with E-state index in [1.165, 1.54) is 5.56 Å². The zero-order valence-corrected chi connectivity index (χ0v) is 18.6. The summed E-state index contributed by atoms with van der Waals surface area (Å²) in [7, 11) is 1.87. The molecule has 0 aliphatic carbocycles. The average molecular weight is 485 g/mol. The van der Waals surface area contributed by atoms with E-state index in [0.717, 1.165) is 44.2 Å². The van der Waals surface area contributed by atoms with Crippen LogP contribution in [0.2, 0.25) is 0 Å². The van der Waals surface area contributed by atoms with E-state index in [0.29, 0.717) is 12.0 Å². The van der Waals surface area contributed by atoms with Crippen LogP contribution < -0.4 is 10.1 Å². The van der Waals surface area contributed by atoms with Crippen molar-refractivity contribution in [1.29, 1.82) is 0 Å². The molecule has 142 valence electrons. The van der Waals surface area contributed by atoms with Crippen molar-refractivity contribution in [2.24, 2.45) is 4.99 Å². The van der Waals surface area contributed by atoms with Crippen molar-refractivity contribution < 1.29 is 4.74 Å². The number of para-hydroxylation sites is 1. The molecule has 0 spiro atoms. The number of likely N-dealkylation sites (tertiary alicyclic amines) is 1. The third-order valence-corrected chi connectivity index (χ3v) is 5.38. The minimum Gasteiger partial charge on any atom is -0.490 e. The molecule has 1 N–H and O–H groups in total. The zero-order valence-electron chi connectivity index (χ0n) is 15.4. The van der Waals surface area contributed by atoms with Crippen molar-refractivity contribution in [2.45, 2.75) is 31.8 Å². The number of benzene rings is 1. The van der Waals surface area contributed by atoms with Gasteiger partial charge in [-0.25, -0.2) is 0 Å². The summed E-state index contributed by atoms with van der Waals surface area (Å²) >= 11 is 1.75. The SMILES string of the molecule is CN=C(NCC(C)c1ccsc1)N1CCC(Oc2ccccc2)CC1.I. The molecule has 2 aromatic rings. The molecular formula is C20H28IN3OS. The van der Waals surface area contributed by atoms with E-state index < -0.39 is 0 Å². The summed E-state index contributed by atoms with van der Waals surface area (Å²) in [6.07, 6.45) is 2.34. The molecule has 1 unspecified atom stereocenters. The van der Waals surface area contributed by atoms with Crippen LogP contribution in [0.15, 0.2) is 52.2 Å². The van der Waals surface area contributed by atoms with Crippen molar-refractivity contribution >= 4 is 41.3 Å². The van der Waals surface area contributed by atoms with Crippen LogP contribution in [0.1, 0.15) is 31.2 Å². The smallest absolute Gasteiger partial charge is 0.193 e. The molecule has 1 atom stereocenters. The largest absolute Gasteiger partial charge is 0.490 e. The van der Waals surface area contributed by atoms with Crippen LogP contribution in [-0.2, 0) is 0 Å². The van der Waals surface area contributed by atoms with Gasteiger partial charge in [0.1, 0.15) is 11.9 Å². The van der Waals surface area contributed by atoms with Gasteiger partial charge in [-0.1, -0.05) is 25.1 Å². The van der Waals surface area contributed by atoms with Gasteiger partial charge in [0.2, 0.25) is 0 Å². The number of halogens is 1.